The van der Waals surface area contributed by atoms with Gasteiger partial charge in [0.05, 0.1) is 18.2 Å². The van der Waals surface area contributed by atoms with Gasteiger partial charge in [0.15, 0.2) is 5.78 Å². The highest BCUT2D eigenvalue weighted by atomic mass is 16.2. The Morgan fingerprint density at radius 3 is 2.21 bits per heavy atom. The number of nitrogens with zero attached hydrogens (tertiary/aromatic N) is 3. The molecule has 1 atom stereocenters. The average molecular weight is 391 g/mol. The molecular weight excluding hydrogens is 366 g/mol. The lowest BCUT2D eigenvalue weighted by Crippen LogP contribution is -2.52. The van der Waals surface area contributed by atoms with Gasteiger partial charge in [-0.15, -0.1) is 0 Å². The predicted octanol–water partition coefficient (Wildman–Crippen LogP) is 2.65. The van der Waals surface area contributed by atoms with Crippen LogP contribution in [0.3, 0.4) is 0 Å². The molecule has 2 aliphatic heterocycles. The van der Waals surface area contributed by atoms with Gasteiger partial charge in [0, 0.05) is 37.4 Å². The molecule has 150 valence electrons. The maximum Gasteiger partial charge on any atom is 0.251 e. The first-order valence-electron chi connectivity index (χ1n) is 9.98. The zero-order chi connectivity index (χ0) is 20.5. The van der Waals surface area contributed by atoms with Crippen molar-refractivity contribution in [3.05, 3.63) is 59.7 Å². The van der Waals surface area contributed by atoms with Crippen molar-refractivity contribution in [3.8, 4) is 0 Å². The second kappa shape index (κ2) is 7.79. The van der Waals surface area contributed by atoms with Crippen LogP contribution in [-0.2, 0) is 9.59 Å². The number of carbonyl (C=O) groups excluding carboxylic acids is 3. The zero-order valence-electron chi connectivity index (χ0n) is 16.8. The molecule has 4 rings (SSSR count). The zero-order valence-corrected chi connectivity index (χ0v) is 16.8. The van der Waals surface area contributed by atoms with Crippen LogP contribution in [0.5, 0.6) is 0 Å². The van der Waals surface area contributed by atoms with E-state index < -0.39 is 0 Å². The molecule has 2 aromatic rings. The van der Waals surface area contributed by atoms with Crippen molar-refractivity contribution in [3.63, 3.8) is 0 Å². The molecule has 2 aromatic carbocycles. The van der Waals surface area contributed by atoms with Crippen LogP contribution in [0, 0.1) is 6.92 Å². The molecule has 29 heavy (non-hydrogen) atoms. The summed E-state index contributed by atoms with van der Waals surface area (Å²) in [6, 6.07) is 14.8. The van der Waals surface area contributed by atoms with Crippen LogP contribution in [-0.4, -0.2) is 54.7 Å². The van der Waals surface area contributed by atoms with E-state index >= 15 is 0 Å². The summed E-state index contributed by atoms with van der Waals surface area (Å²) in [6.07, 6.45) is 0.237. The molecule has 2 fully saturated rings. The molecule has 0 aliphatic carbocycles. The molecule has 0 aromatic heterocycles. The number of rotatable bonds is 4. The van der Waals surface area contributed by atoms with Gasteiger partial charge in [-0.1, -0.05) is 18.2 Å². The molecule has 2 saturated heterocycles. The summed E-state index contributed by atoms with van der Waals surface area (Å²) in [4.78, 5) is 42.8. The Labute approximate surface area is 170 Å². The van der Waals surface area contributed by atoms with Crippen LogP contribution in [0.2, 0.25) is 0 Å². The summed E-state index contributed by atoms with van der Waals surface area (Å²) in [5.41, 5.74) is 3.40. The SMILES string of the molecule is CC(=O)c1ccc(N2CCN([C@H]3CC(=O)N(c4ccccc4C)C3=O)CC2)cc1. The number of hydrogen-bond donors (Lipinski definition) is 0. The van der Waals surface area contributed by atoms with Crippen molar-refractivity contribution < 1.29 is 14.4 Å². The minimum atomic E-state index is -0.385. The molecule has 0 radical (unpaired) electrons. The summed E-state index contributed by atoms with van der Waals surface area (Å²) in [7, 11) is 0. The maximum absolute atomic E-state index is 13.0. The first-order valence-corrected chi connectivity index (χ1v) is 9.98. The third-order valence-electron chi connectivity index (χ3n) is 5.87. The minimum absolute atomic E-state index is 0.0592. The molecule has 0 N–H and O–H groups in total. The van der Waals surface area contributed by atoms with Crippen molar-refractivity contribution >= 4 is 29.0 Å². The van der Waals surface area contributed by atoms with Gasteiger partial charge in [-0.3, -0.25) is 19.3 Å². The monoisotopic (exact) mass is 391 g/mol. The third kappa shape index (κ3) is 3.68. The fourth-order valence-corrected chi connectivity index (χ4v) is 4.17. The molecule has 0 saturated carbocycles. The highest BCUT2D eigenvalue weighted by molar-refractivity contribution is 6.22. The van der Waals surface area contributed by atoms with E-state index in [2.05, 4.69) is 9.80 Å². The number of hydrogen-bond acceptors (Lipinski definition) is 5. The Kier molecular flexibility index (Phi) is 5.20. The maximum atomic E-state index is 13.0. The number of ketones is 1. The van der Waals surface area contributed by atoms with E-state index in [-0.39, 0.29) is 30.1 Å². The van der Waals surface area contributed by atoms with Crippen molar-refractivity contribution in [2.24, 2.45) is 0 Å². The Balaban J connectivity index is 1.42. The number of imide groups is 1. The molecule has 2 aliphatic rings. The fourth-order valence-electron chi connectivity index (χ4n) is 4.17. The third-order valence-corrected chi connectivity index (χ3v) is 5.87. The number of Topliss-reactive ketones (excluding diaryl/α,β-unsaturated/α-hetero) is 1. The van der Waals surface area contributed by atoms with E-state index in [4.69, 9.17) is 0 Å². The molecule has 6 heteroatoms. The van der Waals surface area contributed by atoms with Gasteiger partial charge in [-0.2, -0.15) is 0 Å². The van der Waals surface area contributed by atoms with Gasteiger partial charge in [0.25, 0.3) is 5.91 Å². The molecule has 2 heterocycles. The van der Waals surface area contributed by atoms with Gasteiger partial charge < -0.3 is 4.90 Å². The number of carbonyl (C=O) groups is 3. The van der Waals surface area contributed by atoms with Crippen LogP contribution in [0.1, 0.15) is 29.3 Å². The summed E-state index contributed by atoms with van der Waals surface area (Å²) >= 11 is 0. The standard InChI is InChI=1S/C23H25N3O3/c1-16-5-3-4-6-20(16)26-22(28)15-21(23(26)29)25-13-11-24(12-14-25)19-9-7-18(8-10-19)17(2)27/h3-10,21H,11-15H2,1-2H3/t21-/m0/s1. The number of amides is 2. The Hall–Kier alpha value is -2.99. The molecule has 0 spiro atoms. The van der Waals surface area contributed by atoms with Gasteiger partial charge in [0.1, 0.15) is 0 Å². The summed E-state index contributed by atoms with van der Waals surface area (Å²) in [5, 5.41) is 0. The molecule has 0 bridgehead atoms. The molecule has 0 unspecified atom stereocenters. The van der Waals surface area contributed by atoms with E-state index in [0.717, 1.165) is 37.4 Å². The summed E-state index contributed by atoms with van der Waals surface area (Å²) < 4.78 is 0. The predicted molar refractivity (Wildman–Crippen MR) is 112 cm³/mol. The molecule has 2 amide bonds. The largest absolute Gasteiger partial charge is 0.369 e. The van der Waals surface area contributed by atoms with E-state index in [1.807, 2.05) is 55.5 Å². The van der Waals surface area contributed by atoms with Gasteiger partial charge in [0.2, 0.25) is 5.91 Å². The van der Waals surface area contributed by atoms with Gasteiger partial charge in [-0.05, 0) is 49.7 Å². The fraction of sp³-hybridized carbons (Fsp3) is 0.348. The van der Waals surface area contributed by atoms with Crippen molar-refractivity contribution in [2.75, 3.05) is 36.0 Å². The highest BCUT2D eigenvalue weighted by Crippen LogP contribution is 2.29. The highest BCUT2D eigenvalue weighted by Gasteiger charge is 2.43. The van der Waals surface area contributed by atoms with Crippen molar-refractivity contribution in [1.82, 2.24) is 4.90 Å². The Morgan fingerprint density at radius 2 is 1.59 bits per heavy atom. The van der Waals surface area contributed by atoms with Crippen LogP contribution in [0.15, 0.2) is 48.5 Å². The van der Waals surface area contributed by atoms with Gasteiger partial charge >= 0.3 is 0 Å². The van der Waals surface area contributed by atoms with E-state index in [9.17, 15) is 14.4 Å². The number of benzene rings is 2. The number of anilines is 2. The lowest BCUT2D eigenvalue weighted by molar-refractivity contribution is -0.123. The topological polar surface area (TPSA) is 60.9 Å². The average Bonchev–Trinajstić information content (AvgIpc) is 3.03. The van der Waals surface area contributed by atoms with E-state index in [0.29, 0.717) is 11.3 Å². The second-order valence-corrected chi connectivity index (χ2v) is 7.70. The number of para-hydroxylation sites is 1. The van der Waals surface area contributed by atoms with Crippen molar-refractivity contribution in [2.45, 2.75) is 26.3 Å². The van der Waals surface area contributed by atoms with Crippen LogP contribution >= 0.6 is 0 Å². The normalized spacial score (nSPS) is 20.4. The number of aryl methyl sites for hydroxylation is 1. The van der Waals surface area contributed by atoms with Gasteiger partial charge in [-0.25, -0.2) is 4.90 Å². The van der Waals surface area contributed by atoms with Crippen LogP contribution in [0.25, 0.3) is 0 Å². The molecule has 6 nitrogen and oxygen atoms in total. The first kappa shape index (κ1) is 19.3. The Bertz CT molecular complexity index is 946. The second-order valence-electron chi connectivity index (χ2n) is 7.70. The van der Waals surface area contributed by atoms with Crippen LogP contribution < -0.4 is 9.80 Å². The van der Waals surface area contributed by atoms with Crippen molar-refractivity contribution in [1.29, 1.82) is 0 Å². The smallest absolute Gasteiger partial charge is 0.251 e. The number of piperazine rings is 1. The Morgan fingerprint density at radius 1 is 0.931 bits per heavy atom. The first-order chi connectivity index (χ1) is 14.0. The summed E-state index contributed by atoms with van der Waals surface area (Å²) in [6.45, 7) is 6.48. The van der Waals surface area contributed by atoms with E-state index in [1.165, 1.54) is 4.90 Å². The molecular formula is C23H25N3O3. The lowest BCUT2D eigenvalue weighted by atomic mass is 10.1. The van der Waals surface area contributed by atoms with E-state index in [1.54, 1.807) is 6.92 Å². The minimum Gasteiger partial charge on any atom is -0.369 e. The summed E-state index contributed by atoms with van der Waals surface area (Å²) in [5.74, 6) is -0.191. The lowest BCUT2D eigenvalue weighted by Gasteiger charge is -2.38. The van der Waals surface area contributed by atoms with Crippen LogP contribution in [0.4, 0.5) is 11.4 Å². The quantitative estimate of drug-likeness (QED) is 0.592.